The smallest absolute Gasteiger partial charge is 0.137 e. The van der Waals surface area contributed by atoms with Gasteiger partial charge in [-0.05, 0) is 31.5 Å². The van der Waals surface area contributed by atoms with E-state index in [2.05, 4.69) is 31.2 Å². The number of halogens is 1. The first-order chi connectivity index (χ1) is 8.81. The highest BCUT2D eigenvalue weighted by molar-refractivity contribution is 9.10. The van der Waals surface area contributed by atoms with Crippen LogP contribution in [0.1, 0.15) is 13.3 Å². The molecule has 1 heterocycles. The second-order valence-corrected chi connectivity index (χ2v) is 4.78. The summed E-state index contributed by atoms with van der Waals surface area (Å²) in [5.41, 5.74) is 0.945. The monoisotopic (exact) mass is 309 g/mol. The number of hydrogen-bond acceptors (Lipinski definition) is 4. The number of fused-ring (bicyclic) bond motifs is 1. The van der Waals surface area contributed by atoms with Gasteiger partial charge >= 0.3 is 0 Å². The molecule has 0 aliphatic carbocycles. The van der Waals surface area contributed by atoms with Crippen molar-refractivity contribution in [1.29, 1.82) is 0 Å². The van der Waals surface area contributed by atoms with Crippen molar-refractivity contribution in [3.05, 3.63) is 29.0 Å². The molecule has 0 saturated carbocycles. The lowest BCUT2D eigenvalue weighted by Crippen LogP contribution is -2.07. The van der Waals surface area contributed by atoms with Gasteiger partial charge in [0.15, 0.2) is 0 Å². The minimum absolute atomic E-state index is 0.767. The zero-order valence-corrected chi connectivity index (χ0v) is 11.9. The van der Waals surface area contributed by atoms with Crippen LogP contribution >= 0.6 is 15.9 Å². The van der Waals surface area contributed by atoms with E-state index in [1.165, 1.54) is 0 Å². The van der Waals surface area contributed by atoms with Crippen LogP contribution in [0.4, 0.5) is 5.82 Å². The van der Waals surface area contributed by atoms with Crippen LogP contribution in [-0.4, -0.2) is 29.7 Å². The van der Waals surface area contributed by atoms with Crippen LogP contribution in [0.15, 0.2) is 29.0 Å². The van der Waals surface area contributed by atoms with E-state index < -0.39 is 0 Å². The summed E-state index contributed by atoms with van der Waals surface area (Å²) in [4.78, 5) is 8.53. The van der Waals surface area contributed by atoms with E-state index in [-0.39, 0.29) is 0 Å². The van der Waals surface area contributed by atoms with E-state index >= 15 is 0 Å². The van der Waals surface area contributed by atoms with Crippen LogP contribution in [0, 0.1) is 0 Å². The van der Waals surface area contributed by atoms with Crippen molar-refractivity contribution in [1.82, 2.24) is 9.97 Å². The Morgan fingerprint density at radius 1 is 1.33 bits per heavy atom. The second-order valence-electron chi connectivity index (χ2n) is 3.86. The van der Waals surface area contributed by atoms with Gasteiger partial charge in [0.25, 0.3) is 0 Å². The Balaban J connectivity index is 2.05. The third-order valence-corrected chi connectivity index (χ3v) is 3.05. The Morgan fingerprint density at radius 2 is 2.22 bits per heavy atom. The summed E-state index contributed by atoms with van der Waals surface area (Å²) >= 11 is 3.47. The number of anilines is 1. The molecule has 5 heteroatoms. The minimum atomic E-state index is 0.767. The highest BCUT2D eigenvalue weighted by Crippen LogP contribution is 2.23. The third-order valence-electron chi connectivity index (χ3n) is 2.56. The van der Waals surface area contributed by atoms with Crippen molar-refractivity contribution in [2.45, 2.75) is 13.3 Å². The van der Waals surface area contributed by atoms with Gasteiger partial charge in [-0.3, -0.25) is 0 Å². The molecule has 0 unspecified atom stereocenters. The molecule has 18 heavy (non-hydrogen) atoms. The Morgan fingerprint density at radius 3 is 3.06 bits per heavy atom. The van der Waals surface area contributed by atoms with Crippen molar-refractivity contribution in [3.63, 3.8) is 0 Å². The van der Waals surface area contributed by atoms with Crippen LogP contribution < -0.4 is 5.32 Å². The van der Waals surface area contributed by atoms with Gasteiger partial charge in [0, 0.05) is 29.6 Å². The summed E-state index contributed by atoms with van der Waals surface area (Å²) in [5, 5.41) is 4.35. The molecule has 1 aromatic carbocycles. The first kappa shape index (κ1) is 13.2. The van der Waals surface area contributed by atoms with Crippen molar-refractivity contribution >= 4 is 32.7 Å². The zero-order valence-electron chi connectivity index (χ0n) is 10.3. The molecular weight excluding hydrogens is 294 g/mol. The molecular formula is C13H16BrN3O. The topological polar surface area (TPSA) is 47.0 Å². The summed E-state index contributed by atoms with van der Waals surface area (Å²) in [6.45, 7) is 4.39. The summed E-state index contributed by atoms with van der Waals surface area (Å²) in [7, 11) is 0. The number of ether oxygens (including phenoxy) is 1. The van der Waals surface area contributed by atoms with Crippen LogP contribution in [-0.2, 0) is 4.74 Å². The quantitative estimate of drug-likeness (QED) is 0.832. The van der Waals surface area contributed by atoms with Crippen molar-refractivity contribution in [2.24, 2.45) is 0 Å². The minimum Gasteiger partial charge on any atom is -0.382 e. The van der Waals surface area contributed by atoms with Crippen molar-refractivity contribution < 1.29 is 4.74 Å². The summed E-state index contributed by atoms with van der Waals surface area (Å²) in [6.07, 6.45) is 2.55. The molecule has 4 nitrogen and oxygen atoms in total. The largest absolute Gasteiger partial charge is 0.382 e. The number of nitrogens with zero attached hydrogens (tertiary/aromatic N) is 2. The SMILES string of the molecule is CCOCCCNc1ncnc2ccc(Br)cc12. The van der Waals surface area contributed by atoms with Crippen LogP contribution in [0.3, 0.4) is 0 Å². The molecule has 0 aliphatic heterocycles. The molecule has 96 valence electrons. The van der Waals surface area contributed by atoms with E-state index in [1.807, 2.05) is 25.1 Å². The van der Waals surface area contributed by atoms with Crippen LogP contribution in [0.2, 0.25) is 0 Å². The Kier molecular flexibility index (Phi) is 4.90. The number of aromatic nitrogens is 2. The second kappa shape index (κ2) is 6.66. The van der Waals surface area contributed by atoms with Crippen molar-refractivity contribution in [3.8, 4) is 0 Å². The van der Waals surface area contributed by atoms with E-state index in [4.69, 9.17) is 4.74 Å². The standard InChI is InChI=1S/C13H16BrN3O/c1-2-18-7-3-6-15-13-11-8-10(14)4-5-12(11)16-9-17-13/h4-5,8-9H,2-3,6-7H2,1H3,(H,15,16,17). The van der Waals surface area contributed by atoms with Gasteiger partial charge in [0.05, 0.1) is 5.52 Å². The van der Waals surface area contributed by atoms with Crippen LogP contribution in [0.5, 0.6) is 0 Å². The van der Waals surface area contributed by atoms with Gasteiger partial charge in [0.2, 0.25) is 0 Å². The van der Waals surface area contributed by atoms with Gasteiger partial charge < -0.3 is 10.1 Å². The maximum atomic E-state index is 5.30. The maximum absolute atomic E-state index is 5.30. The lowest BCUT2D eigenvalue weighted by Gasteiger charge is -2.08. The third kappa shape index (κ3) is 3.40. The van der Waals surface area contributed by atoms with E-state index in [0.717, 1.165) is 47.4 Å². The highest BCUT2D eigenvalue weighted by Gasteiger charge is 2.03. The van der Waals surface area contributed by atoms with Gasteiger partial charge in [-0.2, -0.15) is 0 Å². The summed E-state index contributed by atoms with van der Waals surface area (Å²) < 4.78 is 6.33. The molecule has 0 fully saturated rings. The predicted octanol–water partition coefficient (Wildman–Crippen LogP) is 3.23. The highest BCUT2D eigenvalue weighted by atomic mass is 79.9. The van der Waals surface area contributed by atoms with E-state index in [1.54, 1.807) is 6.33 Å². The molecule has 0 amide bonds. The molecule has 0 saturated heterocycles. The number of hydrogen-bond donors (Lipinski definition) is 1. The summed E-state index contributed by atoms with van der Waals surface area (Å²) in [6, 6.07) is 5.99. The molecule has 2 rings (SSSR count). The maximum Gasteiger partial charge on any atom is 0.137 e. The molecule has 0 bridgehead atoms. The van der Waals surface area contributed by atoms with E-state index in [0.29, 0.717) is 0 Å². The lowest BCUT2D eigenvalue weighted by molar-refractivity contribution is 0.147. The first-order valence-corrected chi connectivity index (χ1v) is 6.82. The fourth-order valence-electron chi connectivity index (χ4n) is 1.70. The van der Waals surface area contributed by atoms with Gasteiger partial charge in [-0.1, -0.05) is 15.9 Å². The Bertz CT molecular complexity index is 519. The fourth-order valence-corrected chi connectivity index (χ4v) is 2.06. The fraction of sp³-hybridized carbons (Fsp3) is 0.385. The zero-order chi connectivity index (χ0) is 12.8. The number of rotatable bonds is 6. The van der Waals surface area contributed by atoms with Gasteiger partial charge in [-0.15, -0.1) is 0 Å². The average Bonchev–Trinajstić information content (AvgIpc) is 2.39. The first-order valence-electron chi connectivity index (χ1n) is 6.03. The average molecular weight is 310 g/mol. The molecule has 0 spiro atoms. The molecule has 0 radical (unpaired) electrons. The van der Waals surface area contributed by atoms with Gasteiger partial charge in [0.1, 0.15) is 12.1 Å². The predicted molar refractivity (Wildman–Crippen MR) is 76.8 cm³/mol. The molecule has 0 atom stereocenters. The normalized spacial score (nSPS) is 10.8. The summed E-state index contributed by atoms with van der Waals surface area (Å²) in [5.74, 6) is 0.873. The Hall–Kier alpha value is -1.20. The number of nitrogens with one attached hydrogen (secondary N) is 1. The molecule has 0 aliphatic rings. The van der Waals surface area contributed by atoms with E-state index in [9.17, 15) is 0 Å². The Labute approximate surface area is 115 Å². The molecule has 2 aromatic rings. The molecule has 1 N–H and O–H groups in total. The molecule has 1 aromatic heterocycles. The lowest BCUT2D eigenvalue weighted by atomic mass is 10.2. The number of benzene rings is 1. The van der Waals surface area contributed by atoms with Gasteiger partial charge in [-0.25, -0.2) is 9.97 Å². The van der Waals surface area contributed by atoms with Crippen LogP contribution in [0.25, 0.3) is 10.9 Å². The van der Waals surface area contributed by atoms with Crippen molar-refractivity contribution in [2.75, 3.05) is 25.1 Å².